The lowest BCUT2D eigenvalue weighted by atomic mass is 10.4. The Hall–Kier alpha value is -2.26. The second-order valence-corrected chi connectivity index (χ2v) is 4.11. The maximum atomic E-state index is 11.9. The molecule has 0 N–H and O–H groups in total. The van der Waals surface area contributed by atoms with E-state index in [4.69, 9.17) is 10.8 Å². The number of hydrogen-bond donors (Lipinski definition) is 0. The van der Waals surface area contributed by atoms with E-state index in [2.05, 4.69) is 16.1 Å². The Kier molecular flexibility index (Phi) is 3.99. The zero-order chi connectivity index (χ0) is 12.8. The van der Waals surface area contributed by atoms with Crippen LogP contribution in [-0.2, 0) is 0 Å². The highest BCUT2D eigenvalue weighted by Crippen LogP contribution is 2.14. The number of carbonyl (C=O) groups is 1. The van der Waals surface area contributed by atoms with Gasteiger partial charge in [0.1, 0.15) is 12.1 Å². The Bertz CT molecular complexity index is 593. The van der Waals surface area contributed by atoms with Crippen LogP contribution in [0.25, 0.3) is 6.08 Å². The molecule has 0 fully saturated rings. The third-order valence-electron chi connectivity index (χ3n) is 1.97. The minimum absolute atomic E-state index is 0.254. The molecule has 0 saturated carbocycles. The van der Waals surface area contributed by atoms with Crippen molar-refractivity contribution in [2.45, 2.75) is 5.16 Å². The zero-order valence-electron chi connectivity index (χ0n) is 9.31. The van der Waals surface area contributed by atoms with Gasteiger partial charge in [-0.1, -0.05) is 17.7 Å². The van der Waals surface area contributed by atoms with Gasteiger partial charge in [0.15, 0.2) is 5.16 Å². The van der Waals surface area contributed by atoms with Crippen LogP contribution in [0.2, 0.25) is 0 Å². The number of hydrogen-bond acceptors (Lipinski definition) is 5. The summed E-state index contributed by atoms with van der Waals surface area (Å²) in [5.41, 5.74) is 0. The Labute approximate surface area is 108 Å². The summed E-state index contributed by atoms with van der Waals surface area (Å²) in [7, 11) is 0. The van der Waals surface area contributed by atoms with Gasteiger partial charge in [-0.05, 0) is 18.2 Å². The molecule has 0 radical (unpaired) electrons. The van der Waals surface area contributed by atoms with Crippen LogP contribution in [0.4, 0.5) is 0 Å². The Morgan fingerprint density at radius 2 is 2.56 bits per heavy atom. The number of nitrogens with zero attached hydrogens (tertiary/aromatic N) is 3. The molecule has 0 saturated heterocycles. The molecule has 0 aromatic carbocycles. The van der Waals surface area contributed by atoms with Gasteiger partial charge in [0.2, 0.25) is 0 Å². The van der Waals surface area contributed by atoms with Crippen molar-refractivity contribution in [3.63, 3.8) is 0 Å². The first-order valence-corrected chi connectivity index (χ1v) is 6.02. The molecule has 2 heterocycles. The number of terminal acetylenes is 1. The van der Waals surface area contributed by atoms with Gasteiger partial charge in [0.25, 0.3) is 5.91 Å². The molecule has 90 valence electrons. The molecule has 2 aromatic heterocycles. The molecule has 2 aromatic rings. The maximum Gasteiger partial charge on any atom is 0.258 e. The van der Waals surface area contributed by atoms with Crippen molar-refractivity contribution in [2.24, 2.45) is 0 Å². The maximum absolute atomic E-state index is 11.9. The normalized spacial score (nSPS) is 10.6. The highest BCUT2D eigenvalue weighted by Gasteiger charge is 2.09. The average molecular weight is 259 g/mol. The predicted octanol–water partition coefficient (Wildman–Crippen LogP) is 1.95. The van der Waals surface area contributed by atoms with Crippen LogP contribution in [0.15, 0.2) is 40.4 Å². The van der Waals surface area contributed by atoms with Crippen molar-refractivity contribution in [3.8, 4) is 12.3 Å². The first kappa shape index (κ1) is 12.2. The minimum Gasteiger partial charge on any atom is -0.465 e. The molecule has 0 aliphatic heterocycles. The fourth-order valence-electron chi connectivity index (χ4n) is 1.20. The molecule has 0 unspecified atom stereocenters. The van der Waals surface area contributed by atoms with Crippen molar-refractivity contribution in [1.82, 2.24) is 14.8 Å². The van der Waals surface area contributed by atoms with Crippen molar-refractivity contribution in [3.05, 3.63) is 36.6 Å². The smallest absolute Gasteiger partial charge is 0.258 e. The van der Waals surface area contributed by atoms with Crippen LogP contribution in [0.3, 0.4) is 0 Å². The molecular formula is C12H9N3O2S. The lowest BCUT2D eigenvalue weighted by Gasteiger charge is -1.98. The van der Waals surface area contributed by atoms with E-state index < -0.39 is 0 Å². The van der Waals surface area contributed by atoms with Crippen LogP contribution in [0.5, 0.6) is 0 Å². The monoisotopic (exact) mass is 259 g/mol. The van der Waals surface area contributed by atoms with Gasteiger partial charge in [0, 0.05) is 6.08 Å². The SMILES string of the molecule is C#CCSc1nncn1C(=O)/C=C/c1ccco1. The van der Waals surface area contributed by atoms with Gasteiger partial charge < -0.3 is 4.42 Å². The summed E-state index contributed by atoms with van der Waals surface area (Å²) >= 11 is 1.28. The molecule has 0 aliphatic rings. The molecule has 0 amide bonds. The van der Waals surface area contributed by atoms with Crippen LogP contribution in [0, 0.1) is 12.3 Å². The molecule has 0 bridgehead atoms. The molecule has 6 heteroatoms. The molecule has 5 nitrogen and oxygen atoms in total. The summed E-state index contributed by atoms with van der Waals surface area (Å²) in [5.74, 6) is 3.25. The van der Waals surface area contributed by atoms with E-state index >= 15 is 0 Å². The minimum atomic E-state index is -0.254. The van der Waals surface area contributed by atoms with Gasteiger partial charge in [-0.15, -0.1) is 16.6 Å². The molecule has 0 spiro atoms. The van der Waals surface area contributed by atoms with Crippen molar-refractivity contribution in [2.75, 3.05) is 5.75 Å². The fraction of sp³-hybridized carbons (Fsp3) is 0.0833. The fourth-order valence-corrected chi connectivity index (χ4v) is 1.79. The van der Waals surface area contributed by atoms with E-state index in [1.807, 2.05) is 0 Å². The largest absolute Gasteiger partial charge is 0.465 e. The van der Waals surface area contributed by atoms with Crippen LogP contribution >= 0.6 is 11.8 Å². The first-order chi connectivity index (χ1) is 8.81. The van der Waals surface area contributed by atoms with Gasteiger partial charge in [0.05, 0.1) is 12.0 Å². The van der Waals surface area contributed by atoms with E-state index in [0.717, 1.165) is 0 Å². The first-order valence-electron chi connectivity index (χ1n) is 5.03. The summed E-state index contributed by atoms with van der Waals surface area (Å²) in [4.78, 5) is 11.9. The van der Waals surface area contributed by atoms with E-state index in [1.54, 1.807) is 18.2 Å². The Balaban J connectivity index is 2.10. The lowest BCUT2D eigenvalue weighted by molar-refractivity contribution is 0.0959. The van der Waals surface area contributed by atoms with Gasteiger partial charge in [-0.2, -0.15) is 0 Å². The van der Waals surface area contributed by atoms with E-state index in [9.17, 15) is 4.79 Å². The van der Waals surface area contributed by atoms with Crippen molar-refractivity contribution in [1.29, 1.82) is 0 Å². The Morgan fingerprint density at radius 1 is 1.67 bits per heavy atom. The number of rotatable bonds is 4. The summed E-state index contributed by atoms with van der Waals surface area (Å²) in [6.07, 6.45) is 11.0. The van der Waals surface area contributed by atoms with Crippen molar-refractivity contribution >= 4 is 23.7 Å². The van der Waals surface area contributed by atoms with Crippen LogP contribution < -0.4 is 0 Å². The lowest BCUT2D eigenvalue weighted by Crippen LogP contribution is -2.07. The predicted molar refractivity (Wildman–Crippen MR) is 67.9 cm³/mol. The average Bonchev–Trinajstić information content (AvgIpc) is 3.04. The number of carbonyl (C=O) groups excluding carboxylic acids is 1. The number of furan rings is 1. The molecule has 18 heavy (non-hydrogen) atoms. The second kappa shape index (κ2) is 5.89. The summed E-state index contributed by atoms with van der Waals surface area (Å²) in [5, 5.41) is 7.98. The summed E-state index contributed by atoms with van der Waals surface area (Å²) in [6, 6.07) is 3.50. The topological polar surface area (TPSA) is 60.9 Å². The Morgan fingerprint density at radius 3 is 3.28 bits per heavy atom. The van der Waals surface area contributed by atoms with E-state index in [1.165, 1.54) is 35.0 Å². The van der Waals surface area contributed by atoms with E-state index in [-0.39, 0.29) is 5.91 Å². The molecule has 2 rings (SSSR count). The standard InChI is InChI=1S/C12H9N3O2S/c1-2-8-18-12-14-13-9-15(12)11(16)6-5-10-4-3-7-17-10/h1,3-7,9H,8H2/b6-5+. The van der Waals surface area contributed by atoms with E-state index in [0.29, 0.717) is 16.7 Å². The third-order valence-corrected chi connectivity index (χ3v) is 2.82. The van der Waals surface area contributed by atoms with Gasteiger partial charge in [-0.25, -0.2) is 4.57 Å². The highest BCUT2D eigenvalue weighted by molar-refractivity contribution is 7.99. The summed E-state index contributed by atoms with van der Waals surface area (Å²) < 4.78 is 6.42. The number of allylic oxidation sites excluding steroid dienone is 1. The number of aromatic nitrogens is 3. The third kappa shape index (κ3) is 2.90. The molecular weight excluding hydrogens is 250 g/mol. The zero-order valence-corrected chi connectivity index (χ0v) is 10.1. The van der Waals surface area contributed by atoms with Gasteiger partial charge >= 0.3 is 0 Å². The molecule has 0 aliphatic carbocycles. The van der Waals surface area contributed by atoms with Crippen molar-refractivity contribution < 1.29 is 9.21 Å². The van der Waals surface area contributed by atoms with Crippen LogP contribution in [-0.4, -0.2) is 26.4 Å². The quantitative estimate of drug-likeness (QED) is 0.477. The summed E-state index contributed by atoms with van der Waals surface area (Å²) in [6.45, 7) is 0. The van der Waals surface area contributed by atoms with Gasteiger partial charge in [-0.3, -0.25) is 4.79 Å². The highest BCUT2D eigenvalue weighted by atomic mass is 32.2. The van der Waals surface area contributed by atoms with Crippen LogP contribution in [0.1, 0.15) is 10.6 Å². The second-order valence-electron chi connectivity index (χ2n) is 3.16. The molecule has 0 atom stereocenters. The number of thioether (sulfide) groups is 1.